The molecule has 5 aromatic rings. The highest BCUT2D eigenvalue weighted by Crippen LogP contribution is 2.35. The molecule has 0 aliphatic heterocycles. The molecule has 1 unspecified atom stereocenters. The Hall–Kier alpha value is -4.60. The molecule has 0 amide bonds. The molecule has 0 saturated heterocycles. The summed E-state index contributed by atoms with van der Waals surface area (Å²) in [6, 6.07) is 15.0. The number of fused-ring (bicyclic) bond motifs is 1. The number of nitrogens with one attached hydrogen (secondary N) is 1. The number of halogens is 3. The molecule has 0 aliphatic carbocycles. The zero-order valence-corrected chi connectivity index (χ0v) is 22.5. The van der Waals surface area contributed by atoms with E-state index in [2.05, 4.69) is 20.3 Å². The van der Waals surface area contributed by atoms with Crippen molar-refractivity contribution in [2.24, 2.45) is 7.05 Å². The van der Waals surface area contributed by atoms with Crippen LogP contribution in [0.25, 0.3) is 22.0 Å². The first-order valence-corrected chi connectivity index (χ1v) is 12.7. The molecule has 0 fully saturated rings. The van der Waals surface area contributed by atoms with E-state index in [1.807, 2.05) is 54.2 Å². The normalized spacial score (nSPS) is 12.5. The van der Waals surface area contributed by atoms with Gasteiger partial charge in [-0.05, 0) is 66.9 Å². The van der Waals surface area contributed by atoms with Gasteiger partial charge in [0.2, 0.25) is 0 Å². The number of nitrogen functional groups attached to an aromatic ring is 1. The summed E-state index contributed by atoms with van der Waals surface area (Å²) in [5.41, 5.74) is 9.04. The van der Waals surface area contributed by atoms with E-state index >= 15 is 0 Å². The molecule has 0 radical (unpaired) electrons. The van der Waals surface area contributed by atoms with Crippen LogP contribution < -0.4 is 15.8 Å². The van der Waals surface area contributed by atoms with Crippen molar-refractivity contribution in [2.45, 2.75) is 32.5 Å². The lowest BCUT2D eigenvalue weighted by molar-refractivity contribution is -0.137. The summed E-state index contributed by atoms with van der Waals surface area (Å²) in [4.78, 5) is 13.5. The number of benzene rings is 3. The monoisotopic (exact) mass is 546 g/mol. The maximum atomic E-state index is 13.4. The summed E-state index contributed by atoms with van der Waals surface area (Å²) in [5, 5.41) is 4.02. The molecule has 1 atom stereocenters. The van der Waals surface area contributed by atoms with E-state index < -0.39 is 17.8 Å². The number of nitrogens with two attached hydrogens (primary N) is 1. The molecule has 10 heteroatoms. The van der Waals surface area contributed by atoms with Gasteiger partial charge in [-0.1, -0.05) is 18.2 Å². The maximum absolute atomic E-state index is 13.4. The summed E-state index contributed by atoms with van der Waals surface area (Å²) in [6.45, 7) is 3.55. The Morgan fingerprint density at radius 3 is 2.48 bits per heavy atom. The van der Waals surface area contributed by atoms with Crippen LogP contribution in [0, 0.1) is 6.92 Å². The van der Waals surface area contributed by atoms with E-state index in [0.29, 0.717) is 29.1 Å². The number of hydrogen-bond acceptors (Lipinski definition) is 6. The second-order valence-electron chi connectivity index (χ2n) is 9.76. The van der Waals surface area contributed by atoms with E-state index in [0.717, 1.165) is 45.8 Å². The first kappa shape index (κ1) is 27.0. The Bertz CT molecular complexity index is 1700. The van der Waals surface area contributed by atoms with Crippen LogP contribution in [0.5, 0.6) is 5.75 Å². The number of ether oxygens (including phenoxy) is 1. The maximum Gasteiger partial charge on any atom is 0.416 e. The predicted molar refractivity (Wildman–Crippen MR) is 150 cm³/mol. The first-order chi connectivity index (χ1) is 19.0. The predicted octanol–water partition coefficient (Wildman–Crippen LogP) is 6.71. The number of rotatable bonds is 7. The molecule has 0 aliphatic rings. The summed E-state index contributed by atoms with van der Waals surface area (Å²) in [5.74, 6) is 2.73. The third-order valence-corrected chi connectivity index (χ3v) is 6.86. The Morgan fingerprint density at radius 1 is 1.02 bits per heavy atom. The van der Waals surface area contributed by atoms with Crippen LogP contribution in [-0.2, 0) is 19.6 Å². The van der Waals surface area contributed by atoms with Gasteiger partial charge in [0.1, 0.15) is 23.2 Å². The largest absolute Gasteiger partial charge is 0.496 e. The summed E-state index contributed by atoms with van der Waals surface area (Å²) < 4.78 is 47.8. The van der Waals surface area contributed by atoms with Crippen molar-refractivity contribution in [2.75, 3.05) is 18.2 Å². The van der Waals surface area contributed by atoms with Gasteiger partial charge in [0, 0.05) is 42.5 Å². The Kier molecular flexibility index (Phi) is 7.10. The van der Waals surface area contributed by atoms with E-state index in [9.17, 15) is 13.2 Å². The fourth-order valence-electron chi connectivity index (χ4n) is 4.72. The quantitative estimate of drug-likeness (QED) is 0.221. The molecular formula is C30H29F3N6O. The molecular weight excluding hydrogens is 517 g/mol. The van der Waals surface area contributed by atoms with Crippen molar-refractivity contribution in [3.05, 3.63) is 95.3 Å². The molecule has 2 heterocycles. The molecule has 3 N–H and O–H groups in total. The fourth-order valence-corrected chi connectivity index (χ4v) is 4.72. The van der Waals surface area contributed by atoms with Crippen molar-refractivity contribution >= 4 is 22.4 Å². The number of nitrogens with zero attached hydrogens (tertiary/aromatic N) is 4. The highest BCUT2D eigenvalue weighted by molar-refractivity contribution is 5.93. The average Bonchev–Trinajstić information content (AvgIpc) is 3.31. The Morgan fingerprint density at radius 2 is 1.77 bits per heavy atom. The minimum Gasteiger partial charge on any atom is -0.496 e. The third-order valence-electron chi connectivity index (χ3n) is 6.86. The van der Waals surface area contributed by atoms with Gasteiger partial charge in [0.25, 0.3) is 0 Å². The van der Waals surface area contributed by atoms with Gasteiger partial charge in [-0.25, -0.2) is 15.0 Å². The highest BCUT2D eigenvalue weighted by Gasteiger charge is 2.31. The van der Waals surface area contributed by atoms with Crippen LogP contribution in [-0.4, -0.2) is 26.6 Å². The van der Waals surface area contributed by atoms with Gasteiger partial charge in [0.15, 0.2) is 0 Å². The van der Waals surface area contributed by atoms with Gasteiger partial charge in [-0.15, -0.1) is 0 Å². The van der Waals surface area contributed by atoms with Gasteiger partial charge >= 0.3 is 6.18 Å². The number of anilines is 2. The van der Waals surface area contributed by atoms with Gasteiger partial charge in [-0.3, -0.25) is 0 Å². The lowest BCUT2D eigenvalue weighted by Crippen LogP contribution is -2.12. The number of aryl methyl sites for hydroxylation is 2. The summed E-state index contributed by atoms with van der Waals surface area (Å²) >= 11 is 0. The van der Waals surface area contributed by atoms with Gasteiger partial charge in [-0.2, -0.15) is 13.2 Å². The van der Waals surface area contributed by atoms with Crippen molar-refractivity contribution in [1.82, 2.24) is 19.5 Å². The van der Waals surface area contributed by atoms with Crippen molar-refractivity contribution in [3.63, 3.8) is 0 Å². The van der Waals surface area contributed by atoms with E-state index in [1.165, 1.54) is 6.07 Å². The molecule has 2 aromatic heterocycles. The van der Waals surface area contributed by atoms with Crippen LogP contribution in [0.4, 0.5) is 24.7 Å². The van der Waals surface area contributed by atoms with Crippen LogP contribution >= 0.6 is 0 Å². The van der Waals surface area contributed by atoms with E-state index in [4.69, 9.17) is 10.5 Å². The standard InChI is InChI=1S/C30H29F3N6O/c1-17(22-11-23(30(31,32)33)16-24(34)12-22)36-29-25-13-19(7-8-26(25)37-18(2)38-29)20-5-6-21(27(14-20)40-4)15-28-35-9-10-39(28)3/h5-14,16-17H,15,34H2,1-4H3,(H,36,37,38). The topological polar surface area (TPSA) is 90.9 Å². The summed E-state index contributed by atoms with van der Waals surface area (Å²) in [7, 11) is 3.60. The fraction of sp³-hybridized carbons (Fsp3) is 0.233. The molecule has 40 heavy (non-hydrogen) atoms. The number of methoxy groups -OCH3 is 1. The number of alkyl halides is 3. The second kappa shape index (κ2) is 10.5. The summed E-state index contributed by atoms with van der Waals surface area (Å²) in [6.07, 6.45) is -0.193. The molecule has 5 rings (SSSR count). The molecule has 0 spiro atoms. The number of aromatic nitrogens is 4. The SMILES string of the molecule is COc1cc(-c2ccc3nc(C)nc(NC(C)c4cc(N)cc(C(F)(F)F)c4)c3c2)ccc1Cc1nccn1C. The van der Waals surface area contributed by atoms with Crippen molar-refractivity contribution in [3.8, 4) is 16.9 Å². The lowest BCUT2D eigenvalue weighted by Gasteiger charge is -2.19. The number of imidazole rings is 1. The van der Waals surface area contributed by atoms with E-state index in [-0.39, 0.29) is 5.69 Å². The second-order valence-corrected chi connectivity index (χ2v) is 9.76. The van der Waals surface area contributed by atoms with Crippen LogP contribution in [0.2, 0.25) is 0 Å². The lowest BCUT2D eigenvalue weighted by atomic mass is 9.99. The van der Waals surface area contributed by atoms with Crippen molar-refractivity contribution in [1.29, 1.82) is 0 Å². The van der Waals surface area contributed by atoms with Crippen molar-refractivity contribution < 1.29 is 17.9 Å². The molecule has 0 saturated carbocycles. The zero-order chi connectivity index (χ0) is 28.6. The van der Waals surface area contributed by atoms with Gasteiger partial charge < -0.3 is 20.4 Å². The third kappa shape index (κ3) is 5.56. The average molecular weight is 547 g/mol. The van der Waals surface area contributed by atoms with Crippen LogP contribution in [0.1, 0.15) is 41.3 Å². The minimum absolute atomic E-state index is 0.0461. The highest BCUT2D eigenvalue weighted by atomic mass is 19.4. The Labute approximate surface area is 229 Å². The first-order valence-electron chi connectivity index (χ1n) is 12.7. The molecule has 7 nitrogen and oxygen atoms in total. The zero-order valence-electron chi connectivity index (χ0n) is 22.5. The minimum atomic E-state index is -4.50. The smallest absolute Gasteiger partial charge is 0.416 e. The van der Waals surface area contributed by atoms with E-state index in [1.54, 1.807) is 27.2 Å². The molecule has 3 aromatic carbocycles. The Balaban J connectivity index is 1.50. The molecule has 206 valence electrons. The molecule has 0 bridgehead atoms. The van der Waals surface area contributed by atoms with Crippen LogP contribution in [0.3, 0.4) is 0 Å². The van der Waals surface area contributed by atoms with Gasteiger partial charge in [0.05, 0.1) is 24.2 Å². The number of hydrogen-bond donors (Lipinski definition) is 2. The van der Waals surface area contributed by atoms with Crippen LogP contribution in [0.15, 0.2) is 67.0 Å².